The molecule has 4 nitrogen and oxygen atoms in total. The van der Waals surface area contributed by atoms with Gasteiger partial charge in [0.2, 0.25) is 0 Å². The van der Waals surface area contributed by atoms with Crippen molar-refractivity contribution in [3.8, 4) is 11.5 Å². The molecule has 98 valence electrons. The van der Waals surface area contributed by atoms with Crippen LogP contribution in [-0.4, -0.2) is 11.0 Å². The van der Waals surface area contributed by atoms with E-state index in [1.807, 2.05) is 0 Å². The van der Waals surface area contributed by atoms with Gasteiger partial charge in [0.1, 0.15) is 11.6 Å². The van der Waals surface area contributed by atoms with E-state index in [0.717, 1.165) is 18.2 Å². The predicted molar refractivity (Wildman–Crippen MR) is 65.4 cm³/mol. The Labute approximate surface area is 107 Å². The average Bonchev–Trinajstić information content (AvgIpc) is 2.42. The van der Waals surface area contributed by atoms with E-state index in [9.17, 15) is 8.78 Å². The van der Waals surface area contributed by atoms with Crippen LogP contribution in [0.2, 0.25) is 0 Å². The first-order chi connectivity index (χ1) is 9.11. The molecule has 19 heavy (non-hydrogen) atoms. The standard InChI is InChI=1S/C13H10F2N2O2/c14-8-5-6-10(15)12(7-8)19-11-4-2-1-3-9(11)13(16)17-18/h1-7,18H,(H2,16,17). The summed E-state index contributed by atoms with van der Waals surface area (Å²) in [5.41, 5.74) is 5.74. The molecule has 0 saturated heterocycles. The fraction of sp³-hybridized carbons (Fsp3) is 0. The van der Waals surface area contributed by atoms with Gasteiger partial charge in [-0.25, -0.2) is 8.78 Å². The lowest BCUT2D eigenvalue weighted by molar-refractivity contribution is 0.318. The molecule has 6 heteroatoms. The van der Waals surface area contributed by atoms with Crippen LogP contribution in [0.4, 0.5) is 8.78 Å². The van der Waals surface area contributed by atoms with Crippen LogP contribution in [0.1, 0.15) is 5.56 Å². The SMILES string of the molecule is N/C(=N/O)c1ccccc1Oc1cc(F)ccc1F. The first kappa shape index (κ1) is 12.8. The van der Waals surface area contributed by atoms with Crippen LogP contribution in [0.25, 0.3) is 0 Å². The Morgan fingerprint density at radius 1 is 1.11 bits per heavy atom. The van der Waals surface area contributed by atoms with E-state index >= 15 is 0 Å². The molecule has 0 aromatic heterocycles. The molecule has 0 fully saturated rings. The van der Waals surface area contributed by atoms with E-state index in [2.05, 4.69) is 5.16 Å². The summed E-state index contributed by atoms with van der Waals surface area (Å²) in [5, 5.41) is 11.5. The summed E-state index contributed by atoms with van der Waals surface area (Å²) < 4.78 is 31.8. The molecular formula is C13H10F2N2O2. The lowest BCUT2D eigenvalue weighted by Gasteiger charge is -2.10. The summed E-state index contributed by atoms with van der Waals surface area (Å²) in [6.45, 7) is 0. The molecule has 2 aromatic rings. The minimum atomic E-state index is -0.712. The van der Waals surface area contributed by atoms with Crippen molar-refractivity contribution < 1.29 is 18.7 Å². The Hall–Kier alpha value is -2.63. The zero-order valence-electron chi connectivity index (χ0n) is 9.68. The molecule has 0 bridgehead atoms. The van der Waals surface area contributed by atoms with Gasteiger partial charge >= 0.3 is 0 Å². The fourth-order valence-electron chi connectivity index (χ4n) is 1.49. The molecule has 0 spiro atoms. The van der Waals surface area contributed by atoms with Crippen molar-refractivity contribution in [2.75, 3.05) is 0 Å². The van der Waals surface area contributed by atoms with Gasteiger partial charge in [-0.3, -0.25) is 0 Å². The van der Waals surface area contributed by atoms with Gasteiger partial charge in [-0.05, 0) is 24.3 Å². The zero-order valence-corrected chi connectivity index (χ0v) is 9.68. The third-order valence-corrected chi connectivity index (χ3v) is 2.38. The number of benzene rings is 2. The van der Waals surface area contributed by atoms with Crippen molar-refractivity contribution in [1.29, 1.82) is 0 Å². The van der Waals surface area contributed by atoms with Gasteiger partial charge in [0.05, 0.1) is 5.56 Å². The van der Waals surface area contributed by atoms with Crippen molar-refractivity contribution in [3.63, 3.8) is 0 Å². The lowest BCUT2D eigenvalue weighted by Crippen LogP contribution is -2.14. The minimum Gasteiger partial charge on any atom is -0.453 e. The smallest absolute Gasteiger partial charge is 0.173 e. The number of ether oxygens (including phenoxy) is 1. The highest BCUT2D eigenvalue weighted by atomic mass is 19.1. The van der Waals surface area contributed by atoms with Crippen molar-refractivity contribution in [1.82, 2.24) is 0 Å². The second-order valence-electron chi connectivity index (χ2n) is 3.66. The third kappa shape index (κ3) is 2.79. The number of halogens is 2. The van der Waals surface area contributed by atoms with Crippen molar-refractivity contribution in [2.24, 2.45) is 10.9 Å². The summed E-state index contributed by atoms with van der Waals surface area (Å²) in [7, 11) is 0. The Morgan fingerprint density at radius 3 is 2.58 bits per heavy atom. The normalized spacial score (nSPS) is 11.4. The zero-order chi connectivity index (χ0) is 13.8. The maximum absolute atomic E-state index is 13.5. The minimum absolute atomic E-state index is 0.155. The average molecular weight is 264 g/mol. The van der Waals surface area contributed by atoms with Gasteiger partial charge in [0.15, 0.2) is 17.4 Å². The highest BCUT2D eigenvalue weighted by Gasteiger charge is 2.11. The summed E-state index contributed by atoms with van der Waals surface area (Å²) in [4.78, 5) is 0. The van der Waals surface area contributed by atoms with Gasteiger partial charge < -0.3 is 15.7 Å². The fourth-order valence-corrected chi connectivity index (χ4v) is 1.49. The van der Waals surface area contributed by atoms with Crippen LogP contribution in [0.15, 0.2) is 47.6 Å². The first-order valence-corrected chi connectivity index (χ1v) is 5.31. The number of hydrogen-bond acceptors (Lipinski definition) is 3. The topological polar surface area (TPSA) is 67.8 Å². The van der Waals surface area contributed by atoms with Crippen LogP contribution in [0, 0.1) is 11.6 Å². The Balaban J connectivity index is 2.41. The van der Waals surface area contributed by atoms with Crippen molar-refractivity contribution in [3.05, 3.63) is 59.7 Å². The van der Waals surface area contributed by atoms with Crippen LogP contribution in [0.5, 0.6) is 11.5 Å². The molecule has 2 rings (SSSR count). The summed E-state index contributed by atoms with van der Waals surface area (Å²) in [5.74, 6) is -1.65. The van der Waals surface area contributed by atoms with Crippen molar-refractivity contribution in [2.45, 2.75) is 0 Å². The van der Waals surface area contributed by atoms with E-state index in [1.165, 1.54) is 12.1 Å². The largest absolute Gasteiger partial charge is 0.453 e. The highest BCUT2D eigenvalue weighted by molar-refractivity contribution is 5.99. The second-order valence-corrected chi connectivity index (χ2v) is 3.66. The molecular weight excluding hydrogens is 254 g/mol. The lowest BCUT2D eigenvalue weighted by atomic mass is 10.2. The number of rotatable bonds is 3. The van der Waals surface area contributed by atoms with Gasteiger partial charge in [0.25, 0.3) is 0 Å². The number of oxime groups is 1. The molecule has 0 heterocycles. The number of hydrogen-bond donors (Lipinski definition) is 2. The molecule has 0 aliphatic carbocycles. The molecule has 0 amide bonds. The molecule has 0 saturated carbocycles. The van der Waals surface area contributed by atoms with E-state index < -0.39 is 11.6 Å². The van der Waals surface area contributed by atoms with E-state index in [0.29, 0.717) is 0 Å². The van der Waals surface area contributed by atoms with Crippen LogP contribution in [0.3, 0.4) is 0 Å². The van der Waals surface area contributed by atoms with Gasteiger partial charge in [0, 0.05) is 6.07 Å². The number of nitrogens with two attached hydrogens (primary N) is 1. The van der Waals surface area contributed by atoms with Crippen LogP contribution < -0.4 is 10.5 Å². The van der Waals surface area contributed by atoms with E-state index in [-0.39, 0.29) is 22.9 Å². The number of para-hydroxylation sites is 1. The molecule has 3 N–H and O–H groups in total. The maximum Gasteiger partial charge on any atom is 0.173 e. The third-order valence-electron chi connectivity index (χ3n) is 2.38. The van der Waals surface area contributed by atoms with Crippen molar-refractivity contribution >= 4 is 5.84 Å². The van der Waals surface area contributed by atoms with Crippen LogP contribution >= 0.6 is 0 Å². The second kappa shape index (κ2) is 5.34. The summed E-state index contributed by atoms with van der Waals surface area (Å²) >= 11 is 0. The monoisotopic (exact) mass is 264 g/mol. The van der Waals surface area contributed by atoms with Crippen LogP contribution in [-0.2, 0) is 0 Å². The number of amidine groups is 1. The van der Waals surface area contributed by atoms with Gasteiger partial charge in [-0.15, -0.1) is 0 Å². The van der Waals surface area contributed by atoms with Gasteiger partial charge in [-0.2, -0.15) is 0 Å². The molecule has 0 atom stereocenters. The first-order valence-electron chi connectivity index (χ1n) is 5.31. The maximum atomic E-state index is 13.5. The quantitative estimate of drug-likeness (QED) is 0.387. The predicted octanol–water partition coefficient (Wildman–Crippen LogP) is 2.85. The molecule has 0 radical (unpaired) electrons. The Bertz CT molecular complexity index is 630. The molecule has 0 aliphatic heterocycles. The summed E-state index contributed by atoms with van der Waals surface area (Å²) in [6, 6.07) is 9.15. The highest BCUT2D eigenvalue weighted by Crippen LogP contribution is 2.27. The Morgan fingerprint density at radius 2 is 1.84 bits per heavy atom. The number of nitrogens with zero attached hydrogens (tertiary/aromatic N) is 1. The van der Waals surface area contributed by atoms with E-state index in [4.69, 9.17) is 15.7 Å². The summed E-state index contributed by atoms with van der Waals surface area (Å²) in [6.07, 6.45) is 0. The molecule has 0 aliphatic rings. The Kier molecular flexibility index (Phi) is 3.61. The van der Waals surface area contributed by atoms with E-state index in [1.54, 1.807) is 12.1 Å². The molecule has 2 aromatic carbocycles. The molecule has 0 unspecified atom stereocenters. The van der Waals surface area contributed by atoms with Gasteiger partial charge in [-0.1, -0.05) is 17.3 Å².